The Bertz CT molecular complexity index is 937. The Kier molecular flexibility index (Phi) is 5.66. The molecule has 0 bridgehead atoms. The average molecular weight is 408 g/mol. The molecular weight excluding hydrogens is 380 g/mol. The molecule has 2 unspecified atom stereocenters. The number of methoxy groups -OCH3 is 2. The molecule has 30 heavy (non-hydrogen) atoms. The van der Waals surface area contributed by atoms with Crippen molar-refractivity contribution < 1.29 is 19.1 Å². The van der Waals surface area contributed by atoms with Crippen LogP contribution in [0.1, 0.15) is 40.2 Å². The van der Waals surface area contributed by atoms with Crippen molar-refractivity contribution in [3.8, 4) is 11.5 Å². The number of carbonyl (C=O) groups is 2. The Morgan fingerprint density at radius 1 is 1.00 bits per heavy atom. The van der Waals surface area contributed by atoms with Crippen LogP contribution in [0, 0.1) is 12.8 Å². The van der Waals surface area contributed by atoms with Gasteiger partial charge >= 0.3 is 0 Å². The van der Waals surface area contributed by atoms with Crippen LogP contribution < -0.4 is 14.8 Å². The summed E-state index contributed by atoms with van der Waals surface area (Å²) in [5.41, 5.74) is 2.64. The summed E-state index contributed by atoms with van der Waals surface area (Å²) in [5.74, 6) is 0.865. The van der Waals surface area contributed by atoms with Gasteiger partial charge in [0, 0.05) is 36.2 Å². The van der Waals surface area contributed by atoms with Gasteiger partial charge in [-0.05, 0) is 50.1 Å². The number of hydrogen-bond donors (Lipinski definition) is 1. The fraction of sp³-hybridized carbons (Fsp3) is 0.417. The highest BCUT2D eigenvalue weighted by Crippen LogP contribution is 2.40. The van der Waals surface area contributed by atoms with Gasteiger partial charge in [-0.25, -0.2) is 0 Å². The molecule has 2 amide bonds. The maximum Gasteiger partial charge on any atom is 0.253 e. The van der Waals surface area contributed by atoms with E-state index in [1.165, 1.54) is 0 Å². The zero-order valence-electron chi connectivity index (χ0n) is 17.7. The minimum atomic E-state index is -0.332. The Balaban J connectivity index is 1.65. The lowest BCUT2D eigenvalue weighted by Gasteiger charge is -2.21. The first-order valence-electron chi connectivity index (χ1n) is 10.4. The second kappa shape index (κ2) is 8.38. The van der Waals surface area contributed by atoms with E-state index in [0.29, 0.717) is 30.2 Å². The minimum Gasteiger partial charge on any atom is -0.497 e. The van der Waals surface area contributed by atoms with Crippen molar-refractivity contribution in [2.24, 2.45) is 5.92 Å². The SMILES string of the molecule is COc1ccc(OC)c(C2CN(C(=O)c3ccc(C)cc3)CC2C(=O)NC2CC2)c1. The van der Waals surface area contributed by atoms with Crippen molar-refractivity contribution in [3.05, 3.63) is 59.2 Å². The molecule has 158 valence electrons. The maximum atomic E-state index is 13.2. The lowest BCUT2D eigenvalue weighted by Crippen LogP contribution is -2.36. The molecule has 2 aromatic rings. The number of nitrogens with zero attached hydrogens (tertiary/aromatic N) is 1. The topological polar surface area (TPSA) is 67.9 Å². The third-order valence-electron chi connectivity index (χ3n) is 6.00. The highest BCUT2D eigenvalue weighted by Gasteiger charge is 2.43. The van der Waals surface area contributed by atoms with Gasteiger partial charge in [0.15, 0.2) is 0 Å². The molecule has 1 saturated carbocycles. The fourth-order valence-corrected chi connectivity index (χ4v) is 4.09. The normalized spacial score (nSPS) is 20.7. The molecule has 1 heterocycles. The van der Waals surface area contributed by atoms with Gasteiger partial charge in [-0.3, -0.25) is 9.59 Å². The number of amides is 2. The van der Waals surface area contributed by atoms with Gasteiger partial charge in [0.1, 0.15) is 11.5 Å². The summed E-state index contributed by atoms with van der Waals surface area (Å²) in [4.78, 5) is 28.0. The lowest BCUT2D eigenvalue weighted by atomic mass is 9.87. The summed E-state index contributed by atoms with van der Waals surface area (Å²) >= 11 is 0. The molecule has 0 spiro atoms. The van der Waals surface area contributed by atoms with Crippen LogP contribution in [0.3, 0.4) is 0 Å². The van der Waals surface area contributed by atoms with E-state index in [1.54, 1.807) is 19.1 Å². The number of nitrogens with one attached hydrogen (secondary N) is 1. The van der Waals surface area contributed by atoms with Crippen molar-refractivity contribution in [3.63, 3.8) is 0 Å². The number of ether oxygens (including phenoxy) is 2. The standard InChI is InChI=1S/C24H28N2O4/c1-15-4-6-16(7-5-15)24(28)26-13-20(21(14-26)23(27)25-17-8-9-17)19-12-18(29-2)10-11-22(19)30-3/h4-7,10-12,17,20-21H,8-9,13-14H2,1-3H3,(H,25,27). The molecule has 1 N–H and O–H groups in total. The van der Waals surface area contributed by atoms with E-state index in [4.69, 9.17) is 9.47 Å². The van der Waals surface area contributed by atoms with Gasteiger partial charge in [0.25, 0.3) is 5.91 Å². The summed E-state index contributed by atoms with van der Waals surface area (Å²) in [5, 5.41) is 3.12. The molecule has 1 aliphatic carbocycles. The number of benzene rings is 2. The van der Waals surface area contributed by atoms with E-state index in [9.17, 15) is 9.59 Å². The van der Waals surface area contributed by atoms with Gasteiger partial charge in [0.05, 0.1) is 20.1 Å². The van der Waals surface area contributed by atoms with E-state index < -0.39 is 0 Å². The van der Waals surface area contributed by atoms with Gasteiger partial charge in [-0.15, -0.1) is 0 Å². The van der Waals surface area contributed by atoms with Crippen LogP contribution in [0.15, 0.2) is 42.5 Å². The lowest BCUT2D eigenvalue weighted by molar-refractivity contribution is -0.125. The predicted molar refractivity (Wildman–Crippen MR) is 114 cm³/mol. The zero-order valence-corrected chi connectivity index (χ0v) is 17.7. The third-order valence-corrected chi connectivity index (χ3v) is 6.00. The van der Waals surface area contributed by atoms with Gasteiger partial charge in [-0.1, -0.05) is 17.7 Å². The van der Waals surface area contributed by atoms with Gasteiger partial charge in [-0.2, -0.15) is 0 Å². The number of rotatable bonds is 6. The Labute approximate surface area is 177 Å². The van der Waals surface area contributed by atoms with Crippen molar-refractivity contribution in [2.75, 3.05) is 27.3 Å². The van der Waals surface area contributed by atoms with Crippen LogP contribution >= 0.6 is 0 Å². The summed E-state index contributed by atoms with van der Waals surface area (Å²) in [7, 11) is 3.24. The number of aryl methyl sites for hydroxylation is 1. The van der Waals surface area contributed by atoms with Crippen molar-refractivity contribution in [2.45, 2.75) is 31.7 Å². The molecule has 6 heteroatoms. The number of likely N-dealkylation sites (tertiary alicyclic amines) is 1. The highest BCUT2D eigenvalue weighted by atomic mass is 16.5. The second-order valence-electron chi connectivity index (χ2n) is 8.18. The van der Waals surface area contributed by atoms with Gasteiger partial charge in [0.2, 0.25) is 5.91 Å². The first-order chi connectivity index (χ1) is 14.5. The van der Waals surface area contributed by atoms with E-state index in [0.717, 1.165) is 24.0 Å². The first-order valence-corrected chi connectivity index (χ1v) is 10.4. The molecule has 2 aliphatic rings. The molecule has 1 saturated heterocycles. The quantitative estimate of drug-likeness (QED) is 0.797. The van der Waals surface area contributed by atoms with E-state index in [2.05, 4.69) is 5.32 Å². The molecule has 6 nitrogen and oxygen atoms in total. The smallest absolute Gasteiger partial charge is 0.253 e. The summed E-state index contributed by atoms with van der Waals surface area (Å²) < 4.78 is 11.0. The van der Waals surface area contributed by atoms with Gasteiger partial charge < -0.3 is 19.7 Å². The fourth-order valence-electron chi connectivity index (χ4n) is 4.09. The Morgan fingerprint density at radius 3 is 2.37 bits per heavy atom. The molecular formula is C24H28N2O4. The molecule has 1 aliphatic heterocycles. The molecule has 4 rings (SSSR count). The van der Waals surface area contributed by atoms with Crippen LogP contribution in [0.25, 0.3) is 0 Å². The second-order valence-corrected chi connectivity index (χ2v) is 8.18. The molecule has 0 aromatic heterocycles. The summed E-state index contributed by atoms with van der Waals surface area (Å²) in [6.45, 7) is 2.84. The van der Waals surface area contributed by atoms with Crippen LogP contribution in [-0.4, -0.2) is 50.1 Å². The number of hydrogen-bond acceptors (Lipinski definition) is 4. The Morgan fingerprint density at radius 2 is 1.73 bits per heavy atom. The van der Waals surface area contributed by atoms with Crippen molar-refractivity contribution >= 4 is 11.8 Å². The van der Waals surface area contributed by atoms with E-state index in [-0.39, 0.29) is 29.7 Å². The monoisotopic (exact) mass is 408 g/mol. The van der Waals surface area contributed by atoms with Crippen LogP contribution in [0.2, 0.25) is 0 Å². The maximum absolute atomic E-state index is 13.2. The molecule has 0 radical (unpaired) electrons. The predicted octanol–water partition coefficient (Wildman–Crippen LogP) is 3.15. The van der Waals surface area contributed by atoms with Crippen molar-refractivity contribution in [1.29, 1.82) is 0 Å². The van der Waals surface area contributed by atoms with E-state index >= 15 is 0 Å². The largest absolute Gasteiger partial charge is 0.497 e. The zero-order chi connectivity index (χ0) is 21.3. The van der Waals surface area contributed by atoms with Crippen LogP contribution in [-0.2, 0) is 4.79 Å². The Hall–Kier alpha value is -3.02. The average Bonchev–Trinajstić information content (AvgIpc) is 3.47. The van der Waals surface area contributed by atoms with E-state index in [1.807, 2.05) is 49.4 Å². The summed E-state index contributed by atoms with van der Waals surface area (Å²) in [6.07, 6.45) is 2.05. The first kappa shape index (κ1) is 20.3. The van der Waals surface area contributed by atoms with Crippen LogP contribution in [0.4, 0.5) is 0 Å². The summed E-state index contributed by atoms with van der Waals surface area (Å²) in [6, 6.07) is 13.4. The molecule has 2 aromatic carbocycles. The van der Waals surface area contributed by atoms with Crippen LogP contribution in [0.5, 0.6) is 11.5 Å². The highest BCUT2D eigenvalue weighted by molar-refractivity contribution is 5.95. The molecule has 2 atom stereocenters. The molecule has 2 fully saturated rings. The number of carbonyl (C=O) groups excluding carboxylic acids is 2. The minimum absolute atomic E-state index is 0.00609. The third kappa shape index (κ3) is 4.13. The van der Waals surface area contributed by atoms with Crippen molar-refractivity contribution in [1.82, 2.24) is 10.2 Å².